The molecule has 0 aliphatic heterocycles. The van der Waals surface area contributed by atoms with Crippen LogP contribution in [0.2, 0.25) is 0 Å². The maximum atomic E-state index is 12.0. The Morgan fingerprint density at radius 2 is 1.80 bits per heavy atom. The topological polar surface area (TPSA) is 61.4 Å². The zero-order valence-electron chi connectivity index (χ0n) is 11.4. The van der Waals surface area contributed by atoms with E-state index in [1.54, 1.807) is 24.3 Å². The van der Waals surface area contributed by atoms with E-state index in [-0.39, 0.29) is 18.1 Å². The first-order valence-electron chi connectivity index (χ1n) is 6.49. The molecule has 2 aromatic rings. The van der Waals surface area contributed by atoms with Crippen LogP contribution in [0.5, 0.6) is 5.75 Å². The smallest absolute Gasteiger partial charge is 0.228 e. The minimum absolute atomic E-state index is 0.0701. The van der Waals surface area contributed by atoms with Gasteiger partial charge < -0.3 is 15.7 Å². The number of anilines is 1. The van der Waals surface area contributed by atoms with Crippen molar-refractivity contribution < 1.29 is 9.90 Å². The van der Waals surface area contributed by atoms with Gasteiger partial charge >= 0.3 is 0 Å². The number of carbonyl (C=O) groups excluding carboxylic acids is 1. The van der Waals surface area contributed by atoms with E-state index in [4.69, 9.17) is 0 Å². The highest BCUT2D eigenvalue weighted by molar-refractivity contribution is 5.93. The first kappa shape index (κ1) is 14.1. The first-order chi connectivity index (χ1) is 9.69. The van der Waals surface area contributed by atoms with Crippen LogP contribution in [0.15, 0.2) is 48.5 Å². The molecule has 0 spiro atoms. The maximum absolute atomic E-state index is 12.0. The average Bonchev–Trinajstić information content (AvgIpc) is 2.44. The minimum Gasteiger partial charge on any atom is -0.508 e. The molecule has 0 radical (unpaired) electrons. The van der Waals surface area contributed by atoms with Crippen LogP contribution in [0.1, 0.15) is 11.1 Å². The molecule has 0 aromatic heterocycles. The van der Waals surface area contributed by atoms with E-state index in [0.717, 1.165) is 16.8 Å². The number of amides is 1. The van der Waals surface area contributed by atoms with Crippen LogP contribution in [0.25, 0.3) is 0 Å². The number of aromatic hydroxyl groups is 1. The number of phenols is 1. The Morgan fingerprint density at radius 1 is 1.10 bits per heavy atom. The van der Waals surface area contributed by atoms with Crippen LogP contribution in [-0.4, -0.2) is 18.1 Å². The number of carbonyl (C=O) groups is 1. The van der Waals surface area contributed by atoms with Gasteiger partial charge in [-0.3, -0.25) is 4.79 Å². The molecule has 2 aromatic carbocycles. The lowest BCUT2D eigenvalue weighted by Gasteiger charge is -2.10. The standard InChI is InChI=1S/C16H18N2O2/c1-17-11-13-4-2-3-5-15(13)18-16(20)10-12-6-8-14(19)9-7-12/h2-9,17,19H,10-11H2,1H3,(H,18,20). The quantitative estimate of drug-likeness (QED) is 0.781. The van der Waals surface area contributed by atoms with Crippen molar-refractivity contribution in [3.05, 3.63) is 59.7 Å². The number of hydrogen-bond acceptors (Lipinski definition) is 3. The highest BCUT2D eigenvalue weighted by Gasteiger charge is 2.07. The van der Waals surface area contributed by atoms with Crippen LogP contribution in [-0.2, 0) is 17.8 Å². The van der Waals surface area contributed by atoms with Gasteiger partial charge in [0, 0.05) is 12.2 Å². The predicted octanol–water partition coefficient (Wildman–Crippen LogP) is 2.29. The molecule has 0 heterocycles. The third kappa shape index (κ3) is 3.83. The molecular weight excluding hydrogens is 252 g/mol. The van der Waals surface area contributed by atoms with Gasteiger partial charge in [0.15, 0.2) is 0 Å². The summed E-state index contributed by atoms with van der Waals surface area (Å²) in [5.41, 5.74) is 2.74. The Balaban J connectivity index is 2.02. The normalized spacial score (nSPS) is 10.2. The number of hydrogen-bond donors (Lipinski definition) is 3. The van der Waals surface area contributed by atoms with Gasteiger partial charge in [-0.05, 0) is 36.4 Å². The largest absolute Gasteiger partial charge is 0.508 e. The van der Waals surface area contributed by atoms with E-state index in [1.807, 2.05) is 31.3 Å². The fraction of sp³-hybridized carbons (Fsp3) is 0.188. The van der Waals surface area contributed by atoms with Gasteiger partial charge in [-0.2, -0.15) is 0 Å². The molecule has 2 rings (SSSR count). The van der Waals surface area contributed by atoms with Gasteiger partial charge in [0.1, 0.15) is 5.75 Å². The summed E-state index contributed by atoms with van der Waals surface area (Å²) in [6.07, 6.45) is 0.286. The molecule has 0 bridgehead atoms. The SMILES string of the molecule is CNCc1ccccc1NC(=O)Cc1ccc(O)cc1. The lowest BCUT2D eigenvalue weighted by atomic mass is 10.1. The second-order valence-electron chi connectivity index (χ2n) is 4.58. The van der Waals surface area contributed by atoms with Crippen molar-refractivity contribution in [2.75, 3.05) is 12.4 Å². The fourth-order valence-electron chi connectivity index (χ4n) is 1.98. The molecule has 0 fully saturated rings. The van der Waals surface area contributed by atoms with Crippen molar-refractivity contribution >= 4 is 11.6 Å². The lowest BCUT2D eigenvalue weighted by molar-refractivity contribution is -0.115. The van der Waals surface area contributed by atoms with Crippen molar-refractivity contribution in [3.63, 3.8) is 0 Å². The zero-order chi connectivity index (χ0) is 14.4. The maximum Gasteiger partial charge on any atom is 0.228 e. The molecule has 1 amide bonds. The molecule has 104 valence electrons. The Bertz CT molecular complexity index is 579. The fourth-order valence-corrected chi connectivity index (χ4v) is 1.98. The molecule has 3 N–H and O–H groups in total. The average molecular weight is 270 g/mol. The monoisotopic (exact) mass is 270 g/mol. The second kappa shape index (κ2) is 6.73. The number of benzene rings is 2. The van der Waals surface area contributed by atoms with Crippen molar-refractivity contribution in [2.24, 2.45) is 0 Å². The lowest BCUT2D eigenvalue weighted by Crippen LogP contribution is -2.17. The van der Waals surface area contributed by atoms with Crippen LogP contribution in [0.4, 0.5) is 5.69 Å². The number of nitrogens with one attached hydrogen (secondary N) is 2. The highest BCUT2D eigenvalue weighted by Crippen LogP contribution is 2.16. The summed E-state index contributed by atoms with van der Waals surface area (Å²) in [5.74, 6) is 0.132. The van der Waals surface area contributed by atoms with Crippen LogP contribution in [0, 0.1) is 0 Å². The van der Waals surface area contributed by atoms with E-state index in [1.165, 1.54) is 0 Å². The van der Waals surface area contributed by atoms with Crippen molar-refractivity contribution in [2.45, 2.75) is 13.0 Å². The Labute approximate surface area is 118 Å². The Kier molecular flexibility index (Phi) is 4.74. The van der Waals surface area contributed by atoms with E-state index in [2.05, 4.69) is 10.6 Å². The first-order valence-corrected chi connectivity index (χ1v) is 6.49. The zero-order valence-corrected chi connectivity index (χ0v) is 11.4. The number of rotatable bonds is 5. The molecule has 0 unspecified atom stereocenters. The van der Waals surface area contributed by atoms with Crippen LogP contribution < -0.4 is 10.6 Å². The van der Waals surface area contributed by atoms with Crippen LogP contribution >= 0.6 is 0 Å². The molecule has 0 aliphatic carbocycles. The van der Waals surface area contributed by atoms with E-state index >= 15 is 0 Å². The van der Waals surface area contributed by atoms with Gasteiger partial charge in [0.2, 0.25) is 5.91 Å². The second-order valence-corrected chi connectivity index (χ2v) is 4.58. The molecule has 20 heavy (non-hydrogen) atoms. The molecule has 0 saturated carbocycles. The van der Waals surface area contributed by atoms with E-state index < -0.39 is 0 Å². The summed E-state index contributed by atoms with van der Waals surface area (Å²) < 4.78 is 0. The van der Waals surface area contributed by atoms with E-state index in [0.29, 0.717) is 6.54 Å². The van der Waals surface area contributed by atoms with Gasteiger partial charge in [-0.1, -0.05) is 30.3 Å². The summed E-state index contributed by atoms with van der Waals surface area (Å²) >= 11 is 0. The van der Waals surface area contributed by atoms with Crippen LogP contribution in [0.3, 0.4) is 0 Å². The predicted molar refractivity (Wildman–Crippen MR) is 79.6 cm³/mol. The summed E-state index contributed by atoms with van der Waals surface area (Å²) in [6.45, 7) is 0.704. The third-order valence-electron chi connectivity index (χ3n) is 2.96. The molecule has 4 nitrogen and oxygen atoms in total. The molecular formula is C16H18N2O2. The molecule has 4 heteroatoms. The minimum atomic E-state index is -0.0701. The third-order valence-corrected chi connectivity index (χ3v) is 2.96. The van der Waals surface area contributed by atoms with Gasteiger partial charge in [-0.15, -0.1) is 0 Å². The Morgan fingerprint density at radius 3 is 2.50 bits per heavy atom. The Hall–Kier alpha value is -2.33. The van der Waals surface area contributed by atoms with Crippen molar-refractivity contribution in [1.29, 1.82) is 0 Å². The van der Waals surface area contributed by atoms with E-state index in [9.17, 15) is 9.90 Å². The molecule has 0 saturated heterocycles. The highest BCUT2D eigenvalue weighted by atomic mass is 16.3. The molecule has 0 aliphatic rings. The summed E-state index contributed by atoms with van der Waals surface area (Å²) in [5, 5.41) is 15.2. The summed E-state index contributed by atoms with van der Waals surface area (Å²) in [4.78, 5) is 12.0. The number of para-hydroxylation sites is 1. The van der Waals surface area contributed by atoms with Crippen molar-refractivity contribution in [1.82, 2.24) is 5.32 Å². The molecule has 0 atom stereocenters. The summed E-state index contributed by atoms with van der Waals surface area (Å²) in [6, 6.07) is 14.4. The van der Waals surface area contributed by atoms with Gasteiger partial charge in [0.25, 0.3) is 0 Å². The van der Waals surface area contributed by atoms with Gasteiger partial charge in [-0.25, -0.2) is 0 Å². The number of phenolic OH excluding ortho intramolecular Hbond substituents is 1. The summed E-state index contributed by atoms with van der Waals surface area (Å²) in [7, 11) is 1.87. The van der Waals surface area contributed by atoms with Crippen molar-refractivity contribution in [3.8, 4) is 5.75 Å². The van der Waals surface area contributed by atoms with Gasteiger partial charge in [0.05, 0.1) is 6.42 Å².